The van der Waals surface area contributed by atoms with Gasteiger partial charge in [0, 0.05) is 26.7 Å². The van der Waals surface area contributed by atoms with Crippen molar-refractivity contribution in [3.63, 3.8) is 0 Å². The van der Waals surface area contributed by atoms with E-state index in [4.69, 9.17) is 10.5 Å². The van der Waals surface area contributed by atoms with E-state index in [-0.39, 0.29) is 5.91 Å². The summed E-state index contributed by atoms with van der Waals surface area (Å²) < 4.78 is 4.96. The Kier molecular flexibility index (Phi) is 7.32. The van der Waals surface area contributed by atoms with Crippen LogP contribution in [0.3, 0.4) is 0 Å². The molecule has 1 aromatic rings. The highest BCUT2D eigenvalue weighted by molar-refractivity contribution is 7.18. The van der Waals surface area contributed by atoms with Crippen LogP contribution in [0.4, 0.5) is 10.9 Å². The molecular formula is C13H24N4O2S. The third-order valence-electron chi connectivity index (χ3n) is 2.70. The molecule has 1 rings (SSSR count). The standard InChI is InChI=1S/C13H24N4O2S/c1-4-7-17(8-5-2)12(18)10-11(14)16-13(20-10)15-6-9-19-3/h4-9,14H2,1-3H3,(H,15,16). The van der Waals surface area contributed by atoms with Crippen molar-refractivity contribution >= 4 is 28.2 Å². The molecule has 3 N–H and O–H groups in total. The fourth-order valence-corrected chi connectivity index (χ4v) is 2.70. The van der Waals surface area contributed by atoms with Crippen molar-refractivity contribution in [2.45, 2.75) is 26.7 Å². The molecule has 0 spiro atoms. The lowest BCUT2D eigenvalue weighted by Gasteiger charge is -2.20. The van der Waals surface area contributed by atoms with Gasteiger partial charge in [0.1, 0.15) is 10.7 Å². The number of nitrogens with one attached hydrogen (secondary N) is 1. The van der Waals surface area contributed by atoms with Gasteiger partial charge in [-0.2, -0.15) is 0 Å². The van der Waals surface area contributed by atoms with Gasteiger partial charge in [0.15, 0.2) is 5.13 Å². The monoisotopic (exact) mass is 300 g/mol. The molecule has 0 atom stereocenters. The van der Waals surface area contributed by atoms with Crippen LogP contribution < -0.4 is 11.1 Å². The number of amides is 1. The molecule has 0 fully saturated rings. The summed E-state index contributed by atoms with van der Waals surface area (Å²) >= 11 is 1.30. The number of nitrogens with two attached hydrogens (primary N) is 1. The molecule has 1 heterocycles. The lowest BCUT2D eigenvalue weighted by Crippen LogP contribution is -2.32. The third kappa shape index (κ3) is 4.64. The molecule has 114 valence electrons. The Balaban J connectivity index is 2.75. The first-order valence-corrected chi connectivity index (χ1v) is 7.74. The van der Waals surface area contributed by atoms with Crippen LogP contribution in [0.25, 0.3) is 0 Å². The second-order valence-corrected chi connectivity index (χ2v) is 5.44. The maximum Gasteiger partial charge on any atom is 0.267 e. The number of nitrogen functional groups attached to an aromatic ring is 1. The van der Waals surface area contributed by atoms with Gasteiger partial charge in [-0.1, -0.05) is 25.2 Å². The van der Waals surface area contributed by atoms with Gasteiger partial charge in [-0.25, -0.2) is 4.98 Å². The maximum atomic E-state index is 12.5. The summed E-state index contributed by atoms with van der Waals surface area (Å²) in [5.41, 5.74) is 5.86. The predicted molar refractivity (Wildman–Crippen MR) is 83.4 cm³/mol. The van der Waals surface area contributed by atoms with Crippen molar-refractivity contribution in [2.24, 2.45) is 0 Å². The van der Waals surface area contributed by atoms with Crippen molar-refractivity contribution in [1.82, 2.24) is 9.88 Å². The van der Waals surface area contributed by atoms with Crippen LogP contribution >= 0.6 is 11.3 Å². The Morgan fingerprint density at radius 3 is 2.60 bits per heavy atom. The van der Waals surface area contributed by atoms with E-state index in [1.165, 1.54) is 11.3 Å². The molecule has 0 aliphatic rings. The Morgan fingerprint density at radius 2 is 2.05 bits per heavy atom. The van der Waals surface area contributed by atoms with Crippen molar-refractivity contribution in [3.05, 3.63) is 4.88 Å². The number of carbonyl (C=O) groups excluding carboxylic acids is 1. The topological polar surface area (TPSA) is 80.5 Å². The van der Waals surface area contributed by atoms with E-state index >= 15 is 0 Å². The van der Waals surface area contributed by atoms with Gasteiger partial charge >= 0.3 is 0 Å². The van der Waals surface area contributed by atoms with Crippen LogP contribution in [0.1, 0.15) is 36.4 Å². The van der Waals surface area contributed by atoms with Crippen LogP contribution in [0.5, 0.6) is 0 Å². The Bertz CT molecular complexity index is 417. The van der Waals surface area contributed by atoms with E-state index in [1.54, 1.807) is 7.11 Å². The molecule has 0 aromatic carbocycles. The van der Waals surface area contributed by atoms with E-state index < -0.39 is 0 Å². The second-order valence-electron chi connectivity index (χ2n) is 4.45. The number of methoxy groups -OCH3 is 1. The van der Waals surface area contributed by atoms with Gasteiger partial charge in [0.25, 0.3) is 5.91 Å². The Hall–Kier alpha value is -1.34. The van der Waals surface area contributed by atoms with Crippen molar-refractivity contribution < 1.29 is 9.53 Å². The summed E-state index contributed by atoms with van der Waals surface area (Å²) in [4.78, 5) is 19.0. The normalized spacial score (nSPS) is 10.6. The Morgan fingerprint density at radius 1 is 1.40 bits per heavy atom. The average molecular weight is 300 g/mol. The van der Waals surface area contributed by atoms with Crippen molar-refractivity contribution in [3.8, 4) is 0 Å². The zero-order chi connectivity index (χ0) is 15.0. The average Bonchev–Trinajstić information content (AvgIpc) is 2.79. The number of rotatable bonds is 9. The van der Waals surface area contributed by atoms with Gasteiger partial charge in [-0.15, -0.1) is 0 Å². The van der Waals surface area contributed by atoms with Gasteiger partial charge in [-0.05, 0) is 12.8 Å². The molecule has 1 amide bonds. The lowest BCUT2D eigenvalue weighted by atomic mass is 10.3. The summed E-state index contributed by atoms with van der Waals surface area (Å²) in [5.74, 6) is 0.278. The van der Waals surface area contributed by atoms with E-state index in [1.807, 2.05) is 4.90 Å². The van der Waals surface area contributed by atoms with Gasteiger partial charge in [-0.3, -0.25) is 4.79 Å². The number of hydrogen-bond acceptors (Lipinski definition) is 6. The first kappa shape index (κ1) is 16.7. The zero-order valence-corrected chi connectivity index (χ0v) is 13.3. The molecule has 0 saturated heterocycles. The third-order valence-corrected chi connectivity index (χ3v) is 3.72. The molecule has 0 radical (unpaired) electrons. The quantitative estimate of drug-likeness (QED) is 0.682. The first-order valence-electron chi connectivity index (χ1n) is 6.92. The Labute approximate surface area is 124 Å². The minimum absolute atomic E-state index is 0.0245. The number of anilines is 2. The van der Waals surface area contributed by atoms with Crippen LogP contribution in [0.2, 0.25) is 0 Å². The number of aromatic nitrogens is 1. The summed E-state index contributed by atoms with van der Waals surface area (Å²) in [5, 5.41) is 3.76. The molecule has 0 aliphatic carbocycles. The first-order chi connectivity index (χ1) is 9.63. The zero-order valence-electron chi connectivity index (χ0n) is 12.4. The summed E-state index contributed by atoms with van der Waals surface area (Å²) in [6, 6.07) is 0. The largest absolute Gasteiger partial charge is 0.383 e. The van der Waals surface area contributed by atoms with E-state index in [2.05, 4.69) is 24.1 Å². The molecule has 20 heavy (non-hydrogen) atoms. The molecule has 0 bridgehead atoms. The summed E-state index contributed by atoms with van der Waals surface area (Å²) in [7, 11) is 1.64. The van der Waals surface area contributed by atoms with Gasteiger partial charge in [0.05, 0.1) is 6.61 Å². The summed E-state index contributed by atoms with van der Waals surface area (Å²) in [6.45, 7) is 6.84. The summed E-state index contributed by atoms with van der Waals surface area (Å²) in [6.07, 6.45) is 1.87. The van der Waals surface area contributed by atoms with Crippen LogP contribution in [0, 0.1) is 0 Å². The van der Waals surface area contributed by atoms with E-state index in [0.717, 1.165) is 25.9 Å². The molecule has 6 nitrogen and oxygen atoms in total. The highest BCUT2D eigenvalue weighted by atomic mass is 32.1. The lowest BCUT2D eigenvalue weighted by molar-refractivity contribution is 0.0761. The molecule has 0 saturated carbocycles. The molecule has 1 aromatic heterocycles. The second kappa shape index (κ2) is 8.76. The highest BCUT2D eigenvalue weighted by Crippen LogP contribution is 2.26. The fourth-order valence-electron chi connectivity index (χ4n) is 1.82. The predicted octanol–water partition coefficient (Wildman–Crippen LogP) is 2.05. The number of ether oxygens (including phenoxy) is 1. The molecule has 7 heteroatoms. The number of thiazole rings is 1. The highest BCUT2D eigenvalue weighted by Gasteiger charge is 2.21. The van der Waals surface area contributed by atoms with E-state index in [0.29, 0.717) is 29.0 Å². The van der Waals surface area contributed by atoms with E-state index in [9.17, 15) is 4.79 Å². The minimum Gasteiger partial charge on any atom is -0.383 e. The number of nitrogens with zero attached hydrogens (tertiary/aromatic N) is 2. The SMILES string of the molecule is CCCN(CCC)C(=O)c1sc(NCCOC)nc1N. The fraction of sp³-hybridized carbons (Fsp3) is 0.692. The van der Waals surface area contributed by atoms with Crippen molar-refractivity contribution in [2.75, 3.05) is 44.4 Å². The molecule has 0 unspecified atom stereocenters. The van der Waals surface area contributed by atoms with Crippen LogP contribution in [-0.4, -0.2) is 49.1 Å². The number of hydrogen-bond donors (Lipinski definition) is 2. The smallest absolute Gasteiger partial charge is 0.267 e. The van der Waals surface area contributed by atoms with Crippen molar-refractivity contribution in [1.29, 1.82) is 0 Å². The maximum absolute atomic E-state index is 12.5. The van der Waals surface area contributed by atoms with Gasteiger partial charge in [0.2, 0.25) is 0 Å². The number of carbonyl (C=O) groups is 1. The molecule has 0 aliphatic heterocycles. The minimum atomic E-state index is -0.0245. The van der Waals surface area contributed by atoms with Crippen LogP contribution in [-0.2, 0) is 4.74 Å². The van der Waals surface area contributed by atoms with Gasteiger partial charge < -0.3 is 20.7 Å². The molecular weight excluding hydrogens is 276 g/mol. The van der Waals surface area contributed by atoms with Crippen LogP contribution in [0.15, 0.2) is 0 Å².